The second-order valence-electron chi connectivity index (χ2n) is 8.61. The van der Waals surface area contributed by atoms with Crippen LogP contribution in [0.15, 0.2) is 12.1 Å². The van der Waals surface area contributed by atoms with Crippen molar-refractivity contribution in [2.24, 2.45) is 5.41 Å². The quantitative estimate of drug-likeness (QED) is 0.843. The van der Waals surface area contributed by atoms with Crippen LogP contribution in [0.25, 0.3) is 0 Å². The van der Waals surface area contributed by atoms with Crippen molar-refractivity contribution < 1.29 is 14.4 Å². The second kappa shape index (κ2) is 7.50. The third-order valence-electron chi connectivity index (χ3n) is 6.79. The van der Waals surface area contributed by atoms with Crippen molar-refractivity contribution in [3.63, 3.8) is 0 Å². The molecule has 7 heteroatoms. The van der Waals surface area contributed by atoms with Gasteiger partial charge in [-0.3, -0.25) is 14.4 Å². The lowest BCUT2D eigenvalue weighted by molar-refractivity contribution is -0.139. The zero-order valence-corrected chi connectivity index (χ0v) is 17.5. The van der Waals surface area contributed by atoms with Crippen molar-refractivity contribution in [3.8, 4) is 0 Å². The summed E-state index contributed by atoms with van der Waals surface area (Å²) >= 11 is 1.51. The summed E-state index contributed by atoms with van der Waals surface area (Å²) < 4.78 is 0. The first kappa shape index (κ1) is 19.4. The van der Waals surface area contributed by atoms with Gasteiger partial charge in [-0.05, 0) is 51.2 Å². The van der Waals surface area contributed by atoms with Gasteiger partial charge in [0.2, 0.25) is 11.8 Å². The Morgan fingerprint density at radius 3 is 2.46 bits per heavy atom. The highest BCUT2D eigenvalue weighted by atomic mass is 32.1. The second-order valence-corrected chi connectivity index (χ2v) is 9.90. The normalized spacial score (nSPS) is 24.9. The van der Waals surface area contributed by atoms with Gasteiger partial charge in [-0.2, -0.15) is 0 Å². The van der Waals surface area contributed by atoms with Crippen molar-refractivity contribution in [2.45, 2.75) is 64.0 Å². The van der Waals surface area contributed by atoms with Crippen LogP contribution < -0.4 is 5.32 Å². The molecule has 1 unspecified atom stereocenters. The molecule has 152 valence electrons. The van der Waals surface area contributed by atoms with E-state index in [4.69, 9.17) is 0 Å². The molecule has 4 rings (SSSR count). The molecule has 6 nitrogen and oxygen atoms in total. The summed E-state index contributed by atoms with van der Waals surface area (Å²) in [5.41, 5.74) is -0.491. The third-order valence-corrected chi connectivity index (χ3v) is 7.78. The van der Waals surface area contributed by atoms with Crippen LogP contribution in [-0.2, 0) is 9.59 Å². The summed E-state index contributed by atoms with van der Waals surface area (Å²) in [5, 5.41) is 3.15. The van der Waals surface area contributed by atoms with E-state index in [1.165, 1.54) is 24.2 Å². The molecule has 0 aromatic carbocycles. The highest BCUT2D eigenvalue weighted by Gasteiger charge is 2.53. The van der Waals surface area contributed by atoms with Crippen molar-refractivity contribution in [1.82, 2.24) is 15.1 Å². The Kier molecular flexibility index (Phi) is 5.21. The van der Waals surface area contributed by atoms with E-state index in [1.807, 2.05) is 24.0 Å². The molecule has 1 N–H and O–H groups in total. The first-order valence-corrected chi connectivity index (χ1v) is 11.1. The molecular formula is C21H29N3O3S. The van der Waals surface area contributed by atoms with E-state index in [0.29, 0.717) is 32.4 Å². The minimum atomic E-state index is -0.491. The lowest BCUT2D eigenvalue weighted by Gasteiger charge is -2.37. The Morgan fingerprint density at radius 2 is 1.86 bits per heavy atom. The molecule has 0 radical (unpaired) electrons. The van der Waals surface area contributed by atoms with Gasteiger partial charge in [0.1, 0.15) is 6.04 Å². The van der Waals surface area contributed by atoms with Gasteiger partial charge >= 0.3 is 0 Å². The van der Waals surface area contributed by atoms with E-state index in [9.17, 15) is 14.4 Å². The van der Waals surface area contributed by atoms with Gasteiger partial charge in [0.15, 0.2) is 0 Å². The molecule has 1 saturated carbocycles. The third kappa shape index (κ3) is 3.45. The molecule has 28 heavy (non-hydrogen) atoms. The van der Waals surface area contributed by atoms with Crippen LogP contribution >= 0.6 is 11.3 Å². The number of aryl methyl sites for hydroxylation is 1. The van der Waals surface area contributed by atoms with Gasteiger partial charge in [-0.15, -0.1) is 11.3 Å². The molecule has 1 spiro atoms. The molecule has 2 aliphatic heterocycles. The lowest BCUT2D eigenvalue weighted by Crippen LogP contribution is -2.46. The first-order valence-electron chi connectivity index (χ1n) is 10.3. The fraction of sp³-hybridized carbons (Fsp3) is 0.667. The Bertz CT molecular complexity index is 776. The average Bonchev–Trinajstić information content (AvgIpc) is 3.40. The number of nitrogens with one attached hydrogen (secondary N) is 1. The van der Waals surface area contributed by atoms with Crippen LogP contribution in [-0.4, -0.2) is 59.7 Å². The van der Waals surface area contributed by atoms with E-state index < -0.39 is 5.41 Å². The zero-order chi connectivity index (χ0) is 19.9. The molecular weight excluding hydrogens is 374 g/mol. The SMILES string of the molecule is Cc1ccc(C(=O)N2CCC3(CC2)CC(C(=O)NC2CCCC2)N(C)C3=O)s1. The molecule has 1 atom stereocenters. The predicted molar refractivity (Wildman–Crippen MR) is 108 cm³/mol. The lowest BCUT2D eigenvalue weighted by atomic mass is 9.76. The number of hydrogen-bond acceptors (Lipinski definition) is 4. The fourth-order valence-corrected chi connectivity index (χ4v) is 5.84. The summed E-state index contributed by atoms with van der Waals surface area (Å²) in [5.74, 6) is 0.118. The van der Waals surface area contributed by atoms with Gasteiger partial charge < -0.3 is 15.1 Å². The van der Waals surface area contributed by atoms with Crippen LogP contribution in [0.2, 0.25) is 0 Å². The minimum Gasteiger partial charge on any atom is -0.352 e. The van der Waals surface area contributed by atoms with E-state index in [-0.39, 0.29) is 29.8 Å². The number of likely N-dealkylation sites (N-methyl/N-ethyl adjacent to an activating group) is 1. The predicted octanol–water partition coefficient (Wildman–Crippen LogP) is 2.57. The zero-order valence-electron chi connectivity index (χ0n) is 16.7. The van der Waals surface area contributed by atoms with Gasteiger partial charge in [-0.25, -0.2) is 0 Å². The highest BCUT2D eigenvalue weighted by molar-refractivity contribution is 7.13. The standard InChI is InChI=1S/C21H29N3O3S/c1-14-7-8-17(28-14)19(26)24-11-9-21(10-12-24)13-16(23(2)20(21)27)18(25)22-15-5-3-4-6-15/h7-8,15-16H,3-6,9-13H2,1-2H3,(H,22,25). The van der Waals surface area contributed by atoms with Crippen LogP contribution in [0, 0.1) is 12.3 Å². The molecule has 3 heterocycles. The number of piperidine rings is 1. The van der Waals surface area contributed by atoms with Crippen LogP contribution in [0.1, 0.15) is 59.5 Å². The van der Waals surface area contributed by atoms with Crippen molar-refractivity contribution in [2.75, 3.05) is 20.1 Å². The van der Waals surface area contributed by atoms with E-state index >= 15 is 0 Å². The van der Waals surface area contributed by atoms with E-state index in [0.717, 1.165) is 22.6 Å². The number of likely N-dealkylation sites (tertiary alicyclic amines) is 2. The van der Waals surface area contributed by atoms with Gasteiger partial charge in [0, 0.05) is 31.1 Å². The molecule has 2 saturated heterocycles. The molecule has 3 aliphatic rings. The topological polar surface area (TPSA) is 69.7 Å². The Balaban J connectivity index is 1.39. The number of carbonyl (C=O) groups is 3. The number of hydrogen-bond donors (Lipinski definition) is 1. The van der Waals surface area contributed by atoms with E-state index in [1.54, 1.807) is 11.9 Å². The summed E-state index contributed by atoms with van der Waals surface area (Å²) in [6, 6.07) is 3.73. The van der Waals surface area contributed by atoms with Crippen LogP contribution in [0.4, 0.5) is 0 Å². The molecule has 1 aliphatic carbocycles. The maximum atomic E-state index is 13.0. The first-order chi connectivity index (χ1) is 13.4. The Hall–Kier alpha value is -1.89. The molecule has 1 aromatic rings. The summed E-state index contributed by atoms with van der Waals surface area (Å²) in [6.07, 6.45) is 6.27. The molecule has 3 amide bonds. The van der Waals surface area contributed by atoms with Crippen molar-refractivity contribution in [1.29, 1.82) is 0 Å². The Labute approximate surface area is 170 Å². The van der Waals surface area contributed by atoms with Crippen molar-refractivity contribution >= 4 is 29.1 Å². The number of amides is 3. The van der Waals surface area contributed by atoms with Crippen LogP contribution in [0.3, 0.4) is 0 Å². The number of rotatable bonds is 3. The summed E-state index contributed by atoms with van der Waals surface area (Å²) in [4.78, 5) is 43.9. The summed E-state index contributed by atoms with van der Waals surface area (Å²) in [6.45, 7) is 3.15. The number of thiophene rings is 1. The average molecular weight is 404 g/mol. The maximum Gasteiger partial charge on any atom is 0.263 e. The number of nitrogens with zero attached hydrogens (tertiary/aromatic N) is 2. The van der Waals surface area contributed by atoms with Crippen molar-refractivity contribution in [3.05, 3.63) is 21.9 Å². The van der Waals surface area contributed by atoms with E-state index in [2.05, 4.69) is 5.32 Å². The fourth-order valence-electron chi connectivity index (χ4n) is 5.01. The minimum absolute atomic E-state index is 0.00723. The maximum absolute atomic E-state index is 13.0. The number of carbonyl (C=O) groups excluding carboxylic acids is 3. The Morgan fingerprint density at radius 1 is 1.18 bits per heavy atom. The molecule has 3 fully saturated rings. The van der Waals surface area contributed by atoms with Gasteiger partial charge in [-0.1, -0.05) is 12.8 Å². The monoisotopic (exact) mass is 403 g/mol. The highest BCUT2D eigenvalue weighted by Crippen LogP contribution is 2.44. The summed E-state index contributed by atoms with van der Waals surface area (Å²) in [7, 11) is 1.75. The molecule has 1 aromatic heterocycles. The smallest absolute Gasteiger partial charge is 0.263 e. The molecule has 0 bridgehead atoms. The van der Waals surface area contributed by atoms with Gasteiger partial charge in [0.05, 0.1) is 10.3 Å². The largest absolute Gasteiger partial charge is 0.352 e. The van der Waals surface area contributed by atoms with Gasteiger partial charge in [0.25, 0.3) is 5.91 Å². The van der Waals surface area contributed by atoms with Crippen LogP contribution in [0.5, 0.6) is 0 Å².